The molecule has 4 bridgehead atoms. The summed E-state index contributed by atoms with van der Waals surface area (Å²) in [5.41, 5.74) is 0. The molecule has 6 aliphatic carbocycles. The van der Waals surface area contributed by atoms with Crippen LogP contribution in [0.1, 0.15) is 38.5 Å². The largest absolute Gasteiger partial charge is 0.290 e. The van der Waals surface area contributed by atoms with E-state index < -0.39 is 0 Å². The zero-order valence-corrected chi connectivity index (χ0v) is 20.9. The number of carbonyl (C=O) groups is 4. The van der Waals surface area contributed by atoms with Crippen LogP contribution in [0, 0.1) is 23.7 Å². The van der Waals surface area contributed by atoms with Crippen molar-refractivity contribution >= 4 is 23.1 Å². The minimum absolute atomic E-state index is 0. The molecular formula is C26H28O4Pd2. The standard InChI is InChI=1S/2C7H10.2C6H4O2.2Pd/c2*1-2-7-4-3-6(1)5-7;2*7-5-1-2-6(8)4-3-5;;/h2*1-2,6-7H,3-5H2;2*1-4H;;/t2*6-,7+;;;;. The molecule has 32 heavy (non-hydrogen) atoms. The van der Waals surface area contributed by atoms with Gasteiger partial charge in [0.15, 0.2) is 23.1 Å². The maximum Gasteiger partial charge on any atom is 0.178 e. The monoisotopic (exact) mass is 616 g/mol. The van der Waals surface area contributed by atoms with E-state index >= 15 is 0 Å². The molecule has 176 valence electrons. The maximum atomic E-state index is 10.3. The second-order valence-electron chi connectivity index (χ2n) is 8.38. The summed E-state index contributed by atoms with van der Waals surface area (Å²) in [4.78, 5) is 41.1. The number of allylic oxidation sites excluding steroid dienone is 12. The molecule has 6 heteroatoms. The summed E-state index contributed by atoms with van der Waals surface area (Å²) in [5, 5.41) is 0. The van der Waals surface area contributed by atoms with Crippen molar-refractivity contribution in [2.24, 2.45) is 23.7 Å². The van der Waals surface area contributed by atoms with E-state index in [1.54, 1.807) is 0 Å². The second kappa shape index (κ2) is 14.6. The quantitative estimate of drug-likeness (QED) is 0.229. The molecule has 0 aliphatic heterocycles. The fraction of sp³-hybridized carbons (Fsp3) is 0.385. The summed E-state index contributed by atoms with van der Waals surface area (Å²) in [7, 11) is 0. The first-order valence-corrected chi connectivity index (χ1v) is 10.7. The van der Waals surface area contributed by atoms with Crippen molar-refractivity contribution < 1.29 is 60.0 Å². The Morgan fingerprint density at radius 1 is 0.406 bits per heavy atom. The Bertz CT molecular complexity index is 704. The average molecular weight is 617 g/mol. The number of rotatable bonds is 0. The number of fused-ring (bicyclic) bond motifs is 4. The Morgan fingerprint density at radius 3 is 0.688 bits per heavy atom. The van der Waals surface area contributed by atoms with Gasteiger partial charge in [-0.2, -0.15) is 0 Å². The van der Waals surface area contributed by atoms with Crippen molar-refractivity contribution in [2.45, 2.75) is 38.5 Å². The van der Waals surface area contributed by atoms with E-state index in [-0.39, 0.29) is 64.0 Å². The molecule has 0 radical (unpaired) electrons. The molecule has 2 fully saturated rings. The number of hydrogen-bond acceptors (Lipinski definition) is 4. The average Bonchev–Trinajstić information content (AvgIpc) is 3.57. The molecule has 4 atom stereocenters. The molecule has 0 heterocycles. The molecule has 0 unspecified atom stereocenters. The van der Waals surface area contributed by atoms with E-state index in [1.165, 1.54) is 87.1 Å². The molecule has 2 saturated carbocycles. The van der Waals surface area contributed by atoms with Gasteiger partial charge in [0, 0.05) is 40.8 Å². The summed E-state index contributed by atoms with van der Waals surface area (Å²) >= 11 is 0. The van der Waals surface area contributed by atoms with Crippen LogP contribution in [0.4, 0.5) is 0 Å². The summed E-state index contributed by atoms with van der Waals surface area (Å²) < 4.78 is 0. The van der Waals surface area contributed by atoms with Gasteiger partial charge in [-0.25, -0.2) is 0 Å². The Morgan fingerprint density at radius 2 is 0.594 bits per heavy atom. The minimum atomic E-state index is -0.121. The summed E-state index contributed by atoms with van der Waals surface area (Å²) in [6, 6.07) is 0. The molecule has 0 aromatic heterocycles. The third-order valence-corrected chi connectivity index (χ3v) is 5.99. The summed E-state index contributed by atoms with van der Waals surface area (Å²) in [5.74, 6) is 3.48. The van der Waals surface area contributed by atoms with Crippen molar-refractivity contribution in [2.75, 3.05) is 0 Å². The van der Waals surface area contributed by atoms with Crippen molar-refractivity contribution in [3.63, 3.8) is 0 Å². The zero-order chi connectivity index (χ0) is 21.3. The van der Waals surface area contributed by atoms with Gasteiger partial charge < -0.3 is 0 Å². The van der Waals surface area contributed by atoms with Gasteiger partial charge >= 0.3 is 0 Å². The van der Waals surface area contributed by atoms with Crippen LogP contribution in [-0.2, 0) is 60.0 Å². The van der Waals surface area contributed by atoms with Crippen molar-refractivity contribution in [1.29, 1.82) is 0 Å². The van der Waals surface area contributed by atoms with Gasteiger partial charge in [0.25, 0.3) is 0 Å². The Hall–Kier alpha value is -1.56. The van der Waals surface area contributed by atoms with Gasteiger partial charge in [-0.3, -0.25) is 19.2 Å². The third kappa shape index (κ3) is 9.93. The van der Waals surface area contributed by atoms with Crippen molar-refractivity contribution in [1.82, 2.24) is 0 Å². The van der Waals surface area contributed by atoms with E-state index in [0.29, 0.717) is 0 Å². The molecule has 0 N–H and O–H groups in total. The van der Waals surface area contributed by atoms with Gasteiger partial charge in [-0.15, -0.1) is 0 Å². The second-order valence-corrected chi connectivity index (χ2v) is 8.38. The smallest absolute Gasteiger partial charge is 0.178 e. The normalized spacial score (nSPS) is 28.8. The topological polar surface area (TPSA) is 68.3 Å². The van der Waals surface area contributed by atoms with Crippen LogP contribution in [0.5, 0.6) is 0 Å². The van der Waals surface area contributed by atoms with Gasteiger partial charge in [-0.05, 0) is 111 Å². The molecule has 0 spiro atoms. The van der Waals surface area contributed by atoms with Gasteiger partial charge in [0.1, 0.15) is 0 Å². The van der Waals surface area contributed by atoms with E-state index in [1.807, 2.05) is 0 Å². The first-order valence-electron chi connectivity index (χ1n) is 10.7. The Balaban J connectivity index is 0.000000209. The van der Waals surface area contributed by atoms with E-state index in [2.05, 4.69) is 24.3 Å². The van der Waals surface area contributed by atoms with Gasteiger partial charge in [-0.1, -0.05) is 24.3 Å². The van der Waals surface area contributed by atoms with Crippen LogP contribution >= 0.6 is 0 Å². The molecule has 6 rings (SSSR count). The molecule has 0 aromatic carbocycles. The van der Waals surface area contributed by atoms with Crippen LogP contribution in [0.2, 0.25) is 0 Å². The van der Waals surface area contributed by atoms with Crippen molar-refractivity contribution in [3.05, 3.63) is 72.9 Å². The molecule has 4 nitrogen and oxygen atoms in total. The minimum Gasteiger partial charge on any atom is -0.290 e. The van der Waals surface area contributed by atoms with Crippen LogP contribution < -0.4 is 0 Å². The Labute approximate surface area is 217 Å². The predicted molar refractivity (Wildman–Crippen MR) is 117 cm³/mol. The summed E-state index contributed by atoms with van der Waals surface area (Å²) in [6.07, 6.45) is 28.4. The van der Waals surface area contributed by atoms with Crippen LogP contribution in [0.15, 0.2) is 72.9 Å². The summed E-state index contributed by atoms with van der Waals surface area (Å²) in [6.45, 7) is 0. The number of ketones is 4. The number of carbonyl (C=O) groups excluding carboxylic acids is 4. The fourth-order valence-electron chi connectivity index (χ4n) is 4.31. The third-order valence-electron chi connectivity index (χ3n) is 5.99. The molecular weight excluding hydrogens is 589 g/mol. The molecule has 0 saturated heterocycles. The Kier molecular flexibility index (Phi) is 13.0. The first kappa shape index (κ1) is 28.5. The van der Waals surface area contributed by atoms with Crippen LogP contribution in [0.25, 0.3) is 0 Å². The van der Waals surface area contributed by atoms with Gasteiger partial charge in [0.05, 0.1) is 0 Å². The van der Waals surface area contributed by atoms with Gasteiger partial charge in [0.2, 0.25) is 0 Å². The van der Waals surface area contributed by atoms with Crippen LogP contribution in [-0.4, -0.2) is 23.1 Å². The predicted octanol–water partition coefficient (Wildman–Crippen LogP) is 4.44. The SMILES string of the molecule is C1=C[C@H]2CC[C@@H]1C2.C1=C[C@H]2CC[C@@H]1C2.O=C1C=CC(=O)C=C1.O=C1C=CC(=O)C=C1.[Pd].[Pd]. The zero-order valence-electron chi connectivity index (χ0n) is 17.7. The number of hydrogen-bond donors (Lipinski definition) is 0. The van der Waals surface area contributed by atoms with E-state index in [9.17, 15) is 19.2 Å². The molecule has 0 aromatic rings. The van der Waals surface area contributed by atoms with E-state index in [0.717, 1.165) is 23.7 Å². The van der Waals surface area contributed by atoms with E-state index in [4.69, 9.17) is 0 Å². The van der Waals surface area contributed by atoms with Crippen molar-refractivity contribution in [3.8, 4) is 0 Å². The van der Waals surface area contributed by atoms with Crippen LogP contribution in [0.3, 0.4) is 0 Å². The molecule has 0 amide bonds. The molecule has 6 aliphatic rings. The first-order chi connectivity index (χ1) is 14.5. The fourth-order valence-corrected chi connectivity index (χ4v) is 4.31. The maximum absolute atomic E-state index is 10.3.